The minimum atomic E-state index is -3.07. The molecule has 9 nitrogen and oxygen atoms in total. The van der Waals surface area contributed by atoms with Crippen LogP contribution in [0, 0.1) is 16.7 Å². The van der Waals surface area contributed by atoms with E-state index in [-0.39, 0.29) is 35.3 Å². The molecule has 1 heterocycles. The number of hydrogen-bond donors (Lipinski definition) is 3. The molecule has 0 spiro atoms. The van der Waals surface area contributed by atoms with Crippen LogP contribution in [0.4, 0.5) is 13.2 Å². The van der Waals surface area contributed by atoms with Gasteiger partial charge >= 0.3 is 18.6 Å². The fourth-order valence-electron chi connectivity index (χ4n) is 4.56. The van der Waals surface area contributed by atoms with Gasteiger partial charge in [-0.3, -0.25) is 9.59 Å². The topological polar surface area (TPSA) is 145 Å². The van der Waals surface area contributed by atoms with Crippen molar-refractivity contribution in [3.63, 3.8) is 0 Å². The highest BCUT2D eigenvalue weighted by molar-refractivity contribution is 5.83. The molecule has 206 valence electrons. The molecule has 0 radical (unpaired) electrons. The van der Waals surface area contributed by atoms with Gasteiger partial charge in [-0.15, -0.1) is 0 Å². The molecule has 4 rings (SSSR count). The van der Waals surface area contributed by atoms with Crippen LogP contribution in [-0.4, -0.2) is 46.5 Å². The van der Waals surface area contributed by atoms with Gasteiger partial charge in [0.15, 0.2) is 11.5 Å². The number of carbonyl (C=O) groups is 2. The largest absolute Gasteiger partial charge is 0.489 e. The first kappa shape index (κ1) is 27.5. The zero-order chi connectivity index (χ0) is 27.8. The molecule has 4 N–H and O–H groups in total. The quantitative estimate of drug-likeness (QED) is 0.345. The van der Waals surface area contributed by atoms with Gasteiger partial charge < -0.3 is 29.8 Å². The predicted octanol–water partition coefficient (Wildman–Crippen LogP) is 4.75. The normalized spacial score (nSPS) is 25.8. The Morgan fingerprint density at radius 2 is 1.95 bits per heavy atom. The van der Waals surface area contributed by atoms with E-state index in [9.17, 15) is 28.6 Å². The molecule has 1 fully saturated rings. The van der Waals surface area contributed by atoms with E-state index in [0.29, 0.717) is 18.1 Å². The first-order valence-corrected chi connectivity index (χ1v) is 12.1. The maximum atomic E-state index is 15.8. The molecule has 2 aliphatic carbocycles. The first-order valence-electron chi connectivity index (χ1n) is 12.1. The second-order valence-corrected chi connectivity index (χ2v) is 10.1. The summed E-state index contributed by atoms with van der Waals surface area (Å²) in [5.41, 5.74) is 2.18. The third kappa shape index (κ3) is 5.22. The van der Waals surface area contributed by atoms with E-state index in [1.54, 1.807) is 6.92 Å². The summed E-state index contributed by atoms with van der Waals surface area (Å²) in [4.78, 5) is 28.6. The maximum absolute atomic E-state index is 15.8. The van der Waals surface area contributed by atoms with Crippen molar-refractivity contribution in [2.45, 2.75) is 58.4 Å². The molecule has 4 atom stereocenters. The van der Waals surface area contributed by atoms with Crippen molar-refractivity contribution in [1.82, 2.24) is 4.98 Å². The van der Waals surface area contributed by atoms with Gasteiger partial charge in [0.2, 0.25) is 5.89 Å². The van der Waals surface area contributed by atoms with E-state index in [4.69, 9.17) is 14.9 Å². The van der Waals surface area contributed by atoms with Crippen LogP contribution in [0.2, 0.25) is 0 Å². The number of aromatic nitrogens is 1. The third-order valence-corrected chi connectivity index (χ3v) is 7.03. The lowest BCUT2D eigenvalue weighted by atomic mass is 9.63. The Bertz CT molecular complexity index is 1240. The minimum Gasteiger partial charge on any atom is -0.489 e. The summed E-state index contributed by atoms with van der Waals surface area (Å²) >= 11 is 0. The lowest BCUT2D eigenvalue weighted by Gasteiger charge is -2.41. The van der Waals surface area contributed by atoms with E-state index in [1.165, 1.54) is 24.3 Å². The van der Waals surface area contributed by atoms with Crippen LogP contribution in [0.25, 0.3) is 11.5 Å². The van der Waals surface area contributed by atoms with E-state index in [2.05, 4.69) is 9.72 Å². The second-order valence-electron chi connectivity index (χ2n) is 10.1. The molecule has 1 aromatic heterocycles. The Labute approximate surface area is 216 Å². The van der Waals surface area contributed by atoms with E-state index in [0.717, 1.165) is 25.8 Å². The molecule has 12 heteroatoms. The Kier molecular flexibility index (Phi) is 7.46. The minimum absolute atomic E-state index is 0.0242. The number of carboxylic acids is 2. The Hall–Kier alpha value is -3.54. The van der Waals surface area contributed by atoms with Gasteiger partial charge in [0, 0.05) is 12.0 Å². The molecule has 4 unspecified atom stereocenters. The molecular weight excluding hydrogens is 509 g/mol. The highest BCUT2D eigenvalue weighted by atomic mass is 19.3. The molecule has 0 saturated heterocycles. The molecular formula is C26H29F3N2O7. The molecule has 2 aromatic rings. The first-order chi connectivity index (χ1) is 17.9. The SMILES string of the molecule is CC(N)c1oc(-c2ccc(OC(F)F)c(OCC3CC3)c2)nc1CC1(C(=O)O)C=CCC(C)(C(=O)O)C1F. The summed E-state index contributed by atoms with van der Waals surface area (Å²) in [6, 6.07) is 3.32. The maximum Gasteiger partial charge on any atom is 0.387 e. The number of oxazole rings is 1. The molecule has 1 aromatic carbocycles. The van der Waals surface area contributed by atoms with Crippen molar-refractivity contribution < 1.29 is 46.9 Å². The molecule has 2 aliphatic rings. The van der Waals surface area contributed by atoms with Crippen LogP contribution in [0.15, 0.2) is 34.8 Å². The van der Waals surface area contributed by atoms with E-state index < -0.39 is 48.0 Å². The van der Waals surface area contributed by atoms with Crippen molar-refractivity contribution in [3.8, 4) is 23.0 Å². The summed E-state index contributed by atoms with van der Waals surface area (Å²) < 4.78 is 57.6. The van der Waals surface area contributed by atoms with Crippen molar-refractivity contribution >= 4 is 11.9 Å². The summed E-state index contributed by atoms with van der Waals surface area (Å²) in [7, 11) is 0. The van der Waals surface area contributed by atoms with Crippen LogP contribution in [0.1, 0.15) is 50.6 Å². The Morgan fingerprint density at radius 3 is 2.53 bits per heavy atom. The zero-order valence-electron chi connectivity index (χ0n) is 20.8. The third-order valence-electron chi connectivity index (χ3n) is 7.03. The van der Waals surface area contributed by atoms with E-state index >= 15 is 4.39 Å². The van der Waals surface area contributed by atoms with Crippen molar-refractivity contribution in [2.75, 3.05) is 6.61 Å². The van der Waals surface area contributed by atoms with Gasteiger partial charge in [-0.25, -0.2) is 9.37 Å². The molecule has 38 heavy (non-hydrogen) atoms. The van der Waals surface area contributed by atoms with Gasteiger partial charge in [0.05, 0.1) is 18.3 Å². The lowest BCUT2D eigenvalue weighted by Crippen LogP contribution is -2.53. The van der Waals surface area contributed by atoms with Gasteiger partial charge in [-0.05, 0) is 57.2 Å². The van der Waals surface area contributed by atoms with Crippen LogP contribution < -0.4 is 15.2 Å². The standard InChI is InChI=1S/C26H29F3N2O7/c1-13(30)19-16(11-26(23(34)35)9-3-8-25(2,21(26)27)22(32)33)31-20(38-19)15-6-7-17(37-24(28)29)18(10-15)36-12-14-4-5-14/h3,6-7,9-10,13-14,21,24H,4-5,8,11-12,30H2,1-2H3,(H,32,33)(H,34,35). The summed E-state index contributed by atoms with van der Waals surface area (Å²) in [6.45, 7) is -0.0222. The van der Waals surface area contributed by atoms with E-state index in [1.807, 2.05) is 0 Å². The summed E-state index contributed by atoms with van der Waals surface area (Å²) in [5.74, 6) is -2.75. The lowest BCUT2D eigenvalue weighted by molar-refractivity contribution is -0.164. The average molecular weight is 539 g/mol. The molecule has 0 amide bonds. The van der Waals surface area contributed by atoms with Gasteiger partial charge in [-0.2, -0.15) is 8.78 Å². The fraction of sp³-hybridized carbons (Fsp3) is 0.500. The number of nitrogens with two attached hydrogens (primary N) is 1. The van der Waals surface area contributed by atoms with Crippen LogP contribution in [-0.2, 0) is 16.0 Å². The summed E-state index contributed by atoms with van der Waals surface area (Å²) in [6.07, 6.45) is 1.45. The number of carboxylic acid groups (broad SMARTS) is 2. The highest BCUT2D eigenvalue weighted by Crippen LogP contribution is 2.48. The number of allylic oxidation sites excluding steroid dienone is 1. The number of ether oxygens (including phenoxy) is 2. The van der Waals surface area contributed by atoms with Gasteiger partial charge in [-0.1, -0.05) is 12.2 Å². The van der Waals surface area contributed by atoms with Crippen molar-refractivity contribution in [3.05, 3.63) is 41.8 Å². The fourth-order valence-corrected chi connectivity index (χ4v) is 4.56. The van der Waals surface area contributed by atoms with Crippen LogP contribution in [0.5, 0.6) is 11.5 Å². The van der Waals surface area contributed by atoms with Crippen LogP contribution >= 0.6 is 0 Å². The van der Waals surface area contributed by atoms with Crippen LogP contribution in [0.3, 0.4) is 0 Å². The number of rotatable bonds is 11. The number of benzene rings is 1. The van der Waals surface area contributed by atoms with Crippen molar-refractivity contribution in [1.29, 1.82) is 0 Å². The Balaban J connectivity index is 1.73. The number of hydrogen-bond acceptors (Lipinski definition) is 7. The average Bonchev–Trinajstić information content (AvgIpc) is 3.58. The number of alkyl halides is 3. The van der Waals surface area contributed by atoms with Crippen molar-refractivity contribution in [2.24, 2.45) is 22.5 Å². The Morgan fingerprint density at radius 1 is 1.24 bits per heavy atom. The molecule has 0 aliphatic heterocycles. The molecule has 1 saturated carbocycles. The zero-order valence-corrected chi connectivity index (χ0v) is 20.8. The van der Waals surface area contributed by atoms with Gasteiger partial charge in [0.25, 0.3) is 0 Å². The monoisotopic (exact) mass is 538 g/mol. The summed E-state index contributed by atoms with van der Waals surface area (Å²) in [5, 5.41) is 19.7. The number of nitrogens with zero attached hydrogens (tertiary/aromatic N) is 1. The smallest absolute Gasteiger partial charge is 0.387 e. The predicted molar refractivity (Wildman–Crippen MR) is 128 cm³/mol. The second kappa shape index (κ2) is 10.3. The number of halogens is 3. The van der Waals surface area contributed by atoms with Gasteiger partial charge in [0.1, 0.15) is 22.8 Å². The number of aliphatic carboxylic acids is 2. The molecule has 0 bridgehead atoms. The highest BCUT2D eigenvalue weighted by Gasteiger charge is 2.58.